The molecule has 4 heterocycles. The van der Waals surface area contributed by atoms with E-state index in [0.717, 1.165) is 50.1 Å². The molecule has 2 aromatic heterocycles. The number of alkyl halides is 1. The van der Waals surface area contributed by atoms with Crippen LogP contribution in [0.15, 0.2) is 120 Å². The fraction of sp³-hybridized carbons (Fsp3) is 0.185. The van der Waals surface area contributed by atoms with E-state index in [1.807, 2.05) is 61.5 Å². The number of carboxylic acids is 1. The summed E-state index contributed by atoms with van der Waals surface area (Å²) in [5.74, 6) is -0.764. The quantitative estimate of drug-likeness (QED) is 0.0953. The van der Waals surface area contributed by atoms with Crippen molar-refractivity contribution in [2.45, 2.75) is 50.8 Å². The number of nitrogens with zero attached hydrogens (tertiary/aromatic N) is 10. The largest absolute Gasteiger partial charge is 0.477 e. The lowest BCUT2D eigenvalue weighted by Crippen LogP contribution is -2.34. The number of carbonyl (C=O) groups is 4. The van der Waals surface area contributed by atoms with E-state index in [1.54, 1.807) is 73.1 Å². The standard InChI is InChI=1S/C19H16ClN5O2.C13H10ClN3.C8H5BrClN.C8H6ClN.C6H8N2O3/c1-25-18(26)7-5-16(24-25)19(27)23-17-6-3-13(11-22-17)8-12-2-4-14(10-21)15(20)9-12;14-12-6-9(1-3-11(12)7-15)5-10-2-4-13(16)17-8-10;1-11-8-3-2-6(5-9)4-7(8)10;1-6-2-3-7(5-10)8(9)4-6;1-8-5(9)3-2-4(7-8)6(10)11/h2-4,6,9,11H,5,7-8H2,1H3,(H,22,23,27);1-4,6,8H,5H2,(H2,16,17);2-4H,5H2;2-4H,1H3;2-3H2,1H3,(H,10,11). The second-order valence-corrected chi connectivity index (χ2v) is 18.4. The van der Waals surface area contributed by atoms with Crippen molar-refractivity contribution in [3.63, 3.8) is 0 Å². The number of amides is 3. The van der Waals surface area contributed by atoms with E-state index in [-0.39, 0.29) is 42.7 Å². The zero-order valence-electron chi connectivity index (χ0n) is 40.9. The zero-order chi connectivity index (χ0) is 55.9. The molecule has 6 aromatic rings. The van der Waals surface area contributed by atoms with Gasteiger partial charge in [0.1, 0.15) is 41.3 Å². The Morgan fingerprint density at radius 1 is 0.671 bits per heavy atom. The van der Waals surface area contributed by atoms with Gasteiger partial charge < -0.3 is 16.2 Å². The first-order valence-electron chi connectivity index (χ1n) is 22.4. The van der Waals surface area contributed by atoms with Crippen molar-refractivity contribution in [3.05, 3.63) is 191 Å². The molecule has 0 aliphatic carbocycles. The van der Waals surface area contributed by atoms with Gasteiger partial charge in [-0.25, -0.2) is 29.6 Å². The van der Waals surface area contributed by atoms with Crippen molar-refractivity contribution in [2.24, 2.45) is 10.2 Å². The van der Waals surface area contributed by atoms with Gasteiger partial charge in [0.05, 0.1) is 38.3 Å². The molecule has 4 N–H and O–H groups in total. The van der Waals surface area contributed by atoms with Crippen molar-refractivity contribution in [1.29, 1.82) is 15.8 Å². The number of hydrogen-bond donors (Lipinski definition) is 3. The molecule has 2 aliphatic rings. The summed E-state index contributed by atoms with van der Waals surface area (Å²) in [4.78, 5) is 56.3. The van der Waals surface area contributed by atoms with E-state index < -0.39 is 5.97 Å². The molecule has 0 saturated carbocycles. The number of pyridine rings is 2. The number of aryl methyl sites for hydroxylation is 1. The minimum absolute atomic E-state index is 0.0482. The predicted molar refractivity (Wildman–Crippen MR) is 297 cm³/mol. The Morgan fingerprint density at radius 2 is 1.13 bits per heavy atom. The third kappa shape index (κ3) is 19.3. The lowest BCUT2D eigenvalue weighted by atomic mass is 10.1. The van der Waals surface area contributed by atoms with Gasteiger partial charge >= 0.3 is 5.97 Å². The summed E-state index contributed by atoms with van der Waals surface area (Å²) in [6.07, 6.45) is 5.78. The fourth-order valence-corrected chi connectivity index (χ4v) is 7.78. The lowest BCUT2D eigenvalue weighted by molar-refractivity contribution is -0.132. The monoisotopic (exact) mass is 1160 g/mol. The Morgan fingerprint density at radius 3 is 1.55 bits per heavy atom. The average molecular weight is 1160 g/mol. The molecule has 0 spiro atoms. The SMILES string of the molecule is CN1N=C(C(=O)Nc2ccc(Cc3ccc(C#N)c(Cl)c3)cn2)CCC1=O.CN1N=C(C(=O)O)CCC1=O.Cc1ccc(C#N)c(Cl)c1.N#Cc1ccc(Cc2ccc(N)nc2)cc1Cl.[C-]#[N+]c1ccc(CBr)cc1Cl. The molecule has 22 heteroatoms. The molecule has 4 aromatic carbocycles. The lowest BCUT2D eigenvalue weighted by Gasteiger charge is -2.18. The Bertz CT molecular complexity index is 3330. The normalized spacial score (nSPS) is 12.2. The number of rotatable bonds is 8. The van der Waals surface area contributed by atoms with Gasteiger partial charge in [-0.2, -0.15) is 26.0 Å². The van der Waals surface area contributed by atoms with Crippen LogP contribution < -0.4 is 11.1 Å². The molecule has 3 amide bonds. The van der Waals surface area contributed by atoms with E-state index in [2.05, 4.69) is 46.3 Å². The second kappa shape index (κ2) is 30.2. The number of anilines is 2. The van der Waals surface area contributed by atoms with Crippen LogP contribution in [0.1, 0.15) is 75.8 Å². The third-order valence-corrected chi connectivity index (χ3v) is 12.4. The number of nitriles is 3. The van der Waals surface area contributed by atoms with Crippen LogP contribution in [-0.2, 0) is 37.3 Å². The highest BCUT2D eigenvalue weighted by atomic mass is 79.9. The second-order valence-electron chi connectivity index (χ2n) is 16.2. The first-order valence-corrected chi connectivity index (χ1v) is 25.0. The Hall–Kier alpha value is -8.20. The molecule has 0 bridgehead atoms. The molecule has 0 unspecified atom stereocenters. The maximum Gasteiger partial charge on any atom is 0.352 e. The van der Waals surface area contributed by atoms with Gasteiger partial charge in [-0.1, -0.05) is 111 Å². The van der Waals surface area contributed by atoms with Gasteiger partial charge in [-0.3, -0.25) is 14.4 Å². The van der Waals surface area contributed by atoms with Crippen LogP contribution in [-0.4, -0.2) is 74.3 Å². The van der Waals surface area contributed by atoms with Crippen molar-refractivity contribution in [1.82, 2.24) is 20.0 Å². The van der Waals surface area contributed by atoms with Crippen LogP contribution in [0.2, 0.25) is 20.1 Å². The number of nitrogens with two attached hydrogens (primary N) is 1. The summed E-state index contributed by atoms with van der Waals surface area (Å²) in [7, 11) is 2.97. The first kappa shape index (κ1) is 60.4. The summed E-state index contributed by atoms with van der Waals surface area (Å²) in [6, 6.07) is 34.8. The van der Waals surface area contributed by atoms with Gasteiger partial charge in [-0.15, -0.1) is 0 Å². The smallest absolute Gasteiger partial charge is 0.352 e. The summed E-state index contributed by atoms with van der Waals surface area (Å²) in [6.45, 7) is 8.68. The highest BCUT2D eigenvalue weighted by Crippen LogP contribution is 2.27. The van der Waals surface area contributed by atoms with Crippen LogP contribution in [0.4, 0.5) is 17.3 Å². The van der Waals surface area contributed by atoms with Crippen molar-refractivity contribution in [3.8, 4) is 18.2 Å². The number of aliphatic carboxylic acids is 1. The first-order chi connectivity index (χ1) is 36.3. The van der Waals surface area contributed by atoms with E-state index in [0.29, 0.717) is 72.7 Å². The minimum Gasteiger partial charge on any atom is -0.477 e. The van der Waals surface area contributed by atoms with E-state index >= 15 is 0 Å². The van der Waals surface area contributed by atoms with Gasteiger partial charge in [0.2, 0.25) is 17.5 Å². The van der Waals surface area contributed by atoms with Crippen molar-refractivity contribution >= 4 is 115 Å². The third-order valence-electron chi connectivity index (χ3n) is 10.5. The van der Waals surface area contributed by atoms with E-state index in [9.17, 15) is 19.2 Å². The summed E-state index contributed by atoms with van der Waals surface area (Å²) in [5, 5.41) is 49.8. The molecule has 0 atom stereocenters. The Kier molecular flexibility index (Phi) is 24.0. The average Bonchev–Trinajstić information content (AvgIpc) is 3.40. The molecule has 0 saturated heterocycles. The Labute approximate surface area is 467 Å². The van der Waals surface area contributed by atoms with Gasteiger partial charge in [-0.05, 0) is 102 Å². The van der Waals surface area contributed by atoms with Crippen molar-refractivity contribution in [2.75, 3.05) is 25.1 Å². The highest BCUT2D eigenvalue weighted by molar-refractivity contribution is 9.08. The summed E-state index contributed by atoms with van der Waals surface area (Å²) in [5.41, 5.74) is 14.0. The molecular formula is C54H45BrCl4N12O5. The van der Waals surface area contributed by atoms with Gasteiger partial charge in [0.25, 0.3) is 5.91 Å². The van der Waals surface area contributed by atoms with Crippen molar-refractivity contribution < 1.29 is 24.3 Å². The summed E-state index contributed by atoms with van der Waals surface area (Å²) < 4.78 is 0. The van der Waals surface area contributed by atoms with E-state index in [4.69, 9.17) is 79.6 Å². The topological polar surface area (TPSA) is 259 Å². The molecule has 76 heavy (non-hydrogen) atoms. The molecule has 17 nitrogen and oxygen atoms in total. The maximum absolute atomic E-state index is 12.2. The Balaban J connectivity index is 0.000000219. The van der Waals surface area contributed by atoms with Crippen LogP contribution in [0.25, 0.3) is 4.85 Å². The van der Waals surface area contributed by atoms with Crippen LogP contribution in [0.3, 0.4) is 0 Å². The molecule has 0 radical (unpaired) electrons. The van der Waals surface area contributed by atoms with Gasteiger partial charge in [0, 0.05) is 62.5 Å². The number of nitrogen functional groups attached to an aromatic ring is 1. The predicted octanol–water partition coefficient (Wildman–Crippen LogP) is 11.5. The fourth-order valence-electron chi connectivity index (χ4n) is 6.41. The number of hydrazone groups is 2. The van der Waals surface area contributed by atoms with Crippen LogP contribution in [0.5, 0.6) is 0 Å². The number of carboxylic acid groups (broad SMARTS) is 1. The minimum atomic E-state index is -1.05. The summed E-state index contributed by atoms with van der Waals surface area (Å²) >= 11 is 26.8. The number of hydrogen-bond acceptors (Lipinski definition) is 12. The zero-order valence-corrected chi connectivity index (χ0v) is 45.5. The molecular weight excluding hydrogens is 1120 g/mol. The molecule has 386 valence electrons. The number of halogens is 5. The number of benzene rings is 4. The van der Waals surface area contributed by atoms with Crippen LogP contribution in [0, 0.1) is 47.5 Å². The van der Waals surface area contributed by atoms with Crippen LogP contribution >= 0.6 is 62.3 Å². The molecule has 2 aliphatic heterocycles. The maximum atomic E-state index is 12.2. The molecule has 0 fully saturated rings. The number of aromatic nitrogens is 2. The molecule has 8 rings (SSSR count). The van der Waals surface area contributed by atoms with E-state index in [1.165, 1.54) is 19.1 Å². The van der Waals surface area contributed by atoms with Gasteiger partial charge in [0.15, 0.2) is 0 Å². The highest BCUT2D eigenvalue weighted by Gasteiger charge is 2.23. The number of carbonyl (C=O) groups excluding carboxylic acids is 3. The number of nitrogens with one attached hydrogen (secondary N) is 1.